The molecule has 2 atom stereocenters. The number of hydrazine groups is 1. The van der Waals surface area contributed by atoms with E-state index < -0.39 is 5.82 Å². The summed E-state index contributed by atoms with van der Waals surface area (Å²) in [6, 6.07) is 17.7. The van der Waals surface area contributed by atoms with Crippen molar-refractivity contribution in [2.75, 3.05) is 6.54 Å². The van der Waals surface area contributed by atoms with Crippen molar-refractivity contribution in [3.05, 3.63) is 92.7 Å². The van der Waals surface area contributed by atoms with E-state index in [1.807, 2.05) is 18.2 Å². The molecule has 3 aromatic rings. The van der Waals surface area contributed by atoms with E-state index in [9.17, 15) is 9.50 Å². The van der Waals surface area contributed by atoms with Crippen molar-refractivity contribution < 1.29 is 14.2 Å². The second-order valence-electron chi connectivity index (χ2n) is 6.87. The molecule has 7 heteroatoms. The van der Waals surface area contributed by atoms with Gasteiger partial charge < -0.3 is 9.84 Å². The first-order valence-electron chi connectivity index (χ1n) is 9.15. The van der Waals surface area contributed by atoms with Gasteiger partial charge in [-0.3, -0.25) is 5.43 Å². The number of halogens is 3. The molecule has 1 aliphatic rings. The predicted octanol–water partition coefficient (Wildman–Crippen LogP) is 5.46. The number of benzene rings is 3. The highest BCUT2D eigenvalue weighted by molar-refractivity contribution is 9.10. The van der Waals surface area contributed by atoms with Gasteiger partial charge in [0.2, 0.25) is 0 Å². The molecule has 29 heavy (non-hydrogen) atoms. The molecule has 1 heterocycles. The molecule has 1 saturated heterocycles. The molecule has 3 aromatic carbocycles. The third-order valence-electron chi connectivity index (χ3n) is 5.06. The lowest BCUT2D eigenvalue weighted by molar-refractivity contribution is 0.298. The van der Waals surface area contributed by atoms with Gasteiger partial charge in [0.1, 0.15) is 23.9 Å². The van der Waals surface area contributed by atoms with E-state index in [1.54, 1.807) is 24.3 Å². The Labute approximate surface area is 181 Å². The van der Waals surface area contributed by atoms with E-state index in [0.717, 1.165) is 16.6 Å². The summed E-state index contributed by atoms with van der Waals surface area (Å²) < 4.78 is 20.6. The Morgan fingerprint density at radius 3 is 2.66 bits per heavy atom. The Morgan fingerprint density at radius 2 is 1.93 bits per heavy atom. The lowest BCUT2D eigenvalue weighted by Crippen LogP contribution is -2.25. The van der Waals surface area contributed by atoms with E-state index >= 15 is 0 Å². The first-order chi connectivity index (χ1) is 14.0. The first kappa shape index (κ1) is 20.2. The van der Waals surface area contributed by atoms with Crippen molar-refractivity contribution in [1.82, 2.24) is 10.9 Å². The monoisotopic (exact) mass is 476 g/mol. The fraction of sp³-hybridized carbons (Fsp3) is 0.182. The smallest absolute Gasteiger partial charge is 0.131 e. The summed E-state index contributed by atoms with van der Waals surface area (Å²) in [4.78, 5) is 0. The largest absolute Gasteiger partial charge is 0.507 e. The summed E-state index contributed by atoms with van der Waals surface area (Å²) in [6.45, 7) is 0.727. The van der Waals surface area contributed by atoms with Gasteiger partial charge in [-0.05, 0) is 35.9 Å². The number of rotatable bonds is 5. The Balaban J connectivity index is 1.51. The maximum absolute atomic E-state index is 13.9. The van der Waals surface area contributed by atoms with Crippen LogP contribution in [0.2, 0.25) is 5.02 Å². The Bertz CT molecular complexity index is 996. The zero-order valence-electron chi connectivity index (χ0n) is 15.3. The van der Waals surface area contributed by atoms with E-state index in [1.165, 1.54) is 11.6 Å². The van der Waals surface area contributed by atoms with Gasteiger partial charge in [-0.25, -0.2) is 9.82 Å². The standard InChI is InChI=1S/C22H19BrClFN2O2/c23-14-6-4-13(5-7-14)17-11-26-27-22(17)16-9-8-15(10-21(16)28)29-12-18-19(24)2-1-3-20(18)25/h1-10,17,22,26-28H,11-12H2. The van der Waals surface area contributed by atoms with Crippen molar-refractivity contribution in [3.63, 3.8) is 0 Å². The van der Waals surface area contributed by atoms with Crippen molar-refractivity contribution >= 4 is 27.5 Å². The van der Waals surface area contributed by atoms with Crippen LogP contribution in [0.1, 0.15) is 28.7 Å². The molecule has 150 valence electrons. The van der Waals surface area contributed by atoms with Crippen LogP contribution >= 0.6 is 27.5 Å². The van der Waals surface area contributed by atoms with Gasteiger partial charge in [0.05, 0.1) is 11.1 Å². The lowest BCUT2D eigenvalue weighted by atomic mass is 9.88. The molecular formula is C22H19BrClFN2O2. The number of phenolic OH excluding ortho intramolecular Hbond substituents is 1. The van der Waals surface area contributed by atoms with E-state index in [4.69, 9.17) is 16.3 Å². The Kier molecular flexibility index (Phi) is 6.06. The molecule has 0 radical (unpaired) electrons. The molecule has 0 aliphatic carbocycles. The van der Waals surface area contributed by atoms with Gasteiger partial charge in [-0.1, -0.05) is 51.8 Å². The number of nitrogens with one attached hydrogen (secondary N) is 2. The predicted molar refractivity (Wildman–Crippen MR) is 115 cm³/mol. The topological polar surface area (TPSA) is 53.5 Å². The van der Waals surface area contributed by atoms with Crippen LogP contribution in [-0.4, -0.2) is 11.7 Å². The van der Waals surface area contributed by atoms with E-state index in [2.05, 4.69) is 38.9 Å². The normalized spacial score (nSPS) is 18.7. The molecule has 0 aromatic heterocycles. The first-order valence-corrected chi connectivity index (χ1v) is 10.3. The average Bonchev–Trinajstić information content (AvgIpc) is 3.18. The van der Waals surface area contributed by atoms with Gasteiger partial charge in [0.15, 0.2) is 0 Å². The number of hydrogen-bond donors (Lipinski definition) is 3. The van der Waals surface area contributed by atoms with Gasteiger partial charge in [0, 0.05) is 34.1 Å². The van der Waals surface area contributed by atoms with Crippen LogP contribution in [0.15, 0.2) is 65.1 Å². The maximum Gasteiger partial charge on any atom is 0.131 e. The summed E-state index contributed by atoms with van der Waals surface area (Å²) in [5, 5.41) is 10.9. The third-order valence-corrected chi connectivity index (χ3v) is 5.94. The minimum absolute atomic E-state index is 0.0188. The van der Waals surface area contributed by atoms with Crippen LogP contribution < -0.4 is 15.6 Å². The minimum atomic E-state index is -0.420. The SMILES string of the molecule is Oc1cc(OCc2c(F)cccc2Cl)ccc1C1NNCC1c1ccc(Br)cc1. The van der Waals surface area contributed by atoms with E-state index in [0.29, 0.717) is 10.8 Å². The molecule has 0 amide bonds. The number of hydrogen-bond acceptors (Lipinski definition) is 4. The van der Waals surface area contributed by atoms with Crippen LogP contribution in [0.5, 0.6) is 11.5 Å². The molecule has 1 aliphatic heterocycles. The Hall–Kier alpha value is -2.12. The second kappa shape index (κ2) is 8.71. The highest BCUT2D eigenvalue weighted by Crippen LogP contribution is 2.39. The molecular weight excluding hydrogens is 459 g/mol. The van der Waals surface area contributed by atoms with Crippen LogP contribution in [0.25, 0.3) is 0 Å². The zero-order chi connectivity index (χ0) is 20.4. The fourth-order valence-corrected chi connectivity index (χ4v) is 4.00. The molecule has 4 rings (SSSR count). The number of phenols is 1. The van der Waals surface area contributed by atoms with Crippen LogP contribution in [0, 0.1) is 5.82 Å². The van der Waals surface area contributed by atoms with Gasteiger partial charge >= 0.3 is 0 Å². The van der Waals surface area contributed by atoms with Crippen molar-refractivity contribution in [1.29, 1.82) is 0 Å². The van der Waals surface area contributed by atoms with Crippen LogP contribution in [0.4, 0.5) is 4.39 Å². The van der Waals surface area contributed by atoms with Crippen LogP contribution in [0.3, 0.4) is 0 Å². The molecule has 4 nitrogen and oxygen atoms in total. The summed E-state index contributed by atoms with van der Waals surface area (Å²) >= 11 is 9.49. The number of aromatic hydroxyl groups is 1. The molecule has 1 fully saturated rings. The minimum Gasteiger partial charge on any atom is -0.507 e. The van der Waals surface area contributed by atoms with Crippen molar-refractivity contribution in [2.24, 2.45) is 0 Å². The molecule has 0 spiro atoms. The average molecular weight is 478 g/mol. The number of ether oxygens (including phenoxy) is 1. The second-order valence-corrected chi connectivity index (χ2v) is 8.19. The van der Waals surface area contributed by atoms with Crippen molar-refractivity contribution in [2.45, 2.75) is 18.6 Å². The fourth-order valence-electron chi connectivity index (χ4n) is 3.51. The molecule has 0 bridgehead atoms. The van der Waals surface area contributed by atoms with Crippen LogP contribution in [-0.2, 0) is 6.61 Å². The lowest BCUT2D eigenvalue weighted by Gasteiger charge is -2.21. The summed E-state index contributed by atoms with van der Waals surface area (Å²) in [5.41, 5.74) is 8.63. The van der Waals surface area contributed by atoms with Gasteiger partial charge in [-0.2, -0.15) is 0 Å². The maximum atomic E-state index is 13.9. The highest BCUT2D eigenvalue weighted by Gasteiger charge is 2.31. The van der Waals surface area contributed by atoms with Crippen molar-refractivity contribution in [3.8, 4) is 11.5 Å². The molecule has 2 unspecified atom stereocenters. The quantitative estimate of drug-likeness (QED) is 0.457. The third kappa shape index (κ3) is 4.41. The molecule has 0 saturated carbocycles. The Morgan fingerprint density at radius 1 is 1.14 bits per heavy atom. The van der Waals surface area contributed by atoms with Gasteiger partial charge in [0.25, 0.3) is 0 Å². The zero-order valence-corrected chi connectivity index (χ0v) is 17.7. The van der Waals surface area contributed by atoms with Gasteiger partial charge in [-0.15, -0.1) is 0 Å². The summed E-state index contributed by atoms with van der Waals surface area (Å²) in [6.07, 6.45) is 0. The summed E-state index contributed by atoms with van der Waals surface area (Å²) in [5.74, 6) is 0.303. The molecule has 3 N–H and O–H groups in total. The highest BCUT2D eigenvalue weighted by atomic mass is 79.9. The summed E-state index contributed by atoms with van der Waals surface area (Å²) in [7, 11) is 0. The van der Waals surface area contributed by atoms with E-state index in [-0.39, 0.29) is 29.9 Å².